The monoisotopic (exact) mass is 476 g/mol. The molecule has 0 spiro atoms. The van der Waals surface area contributed by atoms with E-state index in [1.54, 1.807) is 24.1 Å². The van der Waals surface area contributed by atoms with E-state index in [-0.39, 0.29) is 5.91 Å². The molecule has 0 atom stereocenters. The third-order valence-electron chi connectivity index (χ3n) is 5.90. The molecule has 0 aliphatic carbocycles. The first kappa shape index (κ1) is 21.6. The summed E-state index contributed by atoms with van der Waals surface area (Å²) in [7, 11) is 1.60. The van der Waals surface area contributed by atoms with Crippen LogP contribution < -0.4 is 9.64 Å². The Morgan fingerprint density at radius 3 is 2.94 bits per heavy atom. The Morgan fingerprint density at radius 1 is 1.28 bits per heavy atom. The van der Waals surface area contributed by atoms with Crippen molar-refractivity contribution in [2.75, 3.05) is 51.4 Å². The number of amides is 1. The summed E-state index contributed by atoms with van der Waals surface area (Å²) in [5, 5.41) is 9.61. The molecule has 0 unspecified atom stereocenters. The molecule has 1 saturated heterocycles. The van der Waals surface area contributed by atoms with Crippen LogP contribution in [-0.2, 0) is 17.7 Å². The van der Waals surface area contributed by atoms with Gasteiger partial charge >= 0.3 is 0 Å². The smallest absolute Gasteiger partial charge is 0.298 e. The maximum Gasteiger partial charge on any atom is 0.298 e. The molecule has 11 heteroatoms. The standard InChI is InChI=1S/C21H25ClN6O3S/c1-30-15-6-5-14(22)18-17(15)23-21(32-18)28(9-3-7-26-10-12-31-13-11-26)20(29)19-25-24-16-4-2-8-27(16)19/h5-6H,2-4,7-13H2,1H3. The molecule has 170 valence electrons. The van der Waals surface area contributed by atoms with Crippen LogP contribution in [0.2, 0.25) is 5.02 Å². The largest absolute Gasteiger partial charge is 0.494 e. The van der Waals surface area contributed by atoms with Gasteiger partial charge in [-0.1, -0.05) is 22.9 Å². The topological polar surface area (TPSA) is 85.6 Å². The van der Waals surface area contributed by atoms with Gasteiger partial charge in [0.1, 0.15) is 17.1 Å². The third-order valence-corrected chi connectivity index (χ3v) is 7.44. The molecule has 2 aromatic heterocycles. The minimum atomic E-state index is -0.179. The molecular weight excluding hydrogens is 452 g/mol. The number of aromatic nitrogens is 4. The Hall–Kier alpha value is -2.27. The summed E-state index contributed by atoms with van der Waals surface area (Å²) >= 11 is 7.83. The van der Waals surface area contributed by atoms with Crippen LogP contribution in [0.5, 0.6) is 5.75 Å². The van der Waals surface area contributed by atoms with Crippen LogP contribution in [0, 0.1) is 0 Å². The molecule has 0 radical (unpaired) electrons. The number of methoxy groups -OCH3 is 1. The van der Waals surface area contributed by atoms with E-state index in [1.165, 1.54) is 11.3 Å². The number of anilines is 1. The summed E-state index contributed by atoms with van der Waals surface area (Å²) in [5.41, 5.74) is 0.664. The maximum absolute atomic E-state index is 13.6. The second-order valence-corrected chi connectivity index (χ2v) is 9.27. The average Bonchev–Trinajstić information content (AvgIpc) is 3.53. The molecular formula is C21H25ClN6O3S. The molecule has 9 nitrogen and oxygen atoms in total. The lowest BCUT2D eigenvalue weighted by atomic mass is 10.3. The zero-order valence-electron chi connectivity index (χ0n) is 17.9. The first-order valence-corrected chi connectivity index (χ1v) is 12.0. The van der Waals surface area contributed by atoms with Gasteiger partial charge in [0.2, 0.25) is 5.82 Å². The van der Waals surface area contributed by atoms with Crippen molar-refractivity contribution in [3.05, 3.63) is 28.8 Å². The fourth-order valence-corrected chi connectivity index (χ4v) is 5.49. The number of fused-ring (bicyclic) bond motifs is 2. The lowest BCUT2D eigenvalue weighted by molar-refractivity contribution is 0.0376. The molecule has 0 bridgehead atoms. The number of carbonyl (C=O) groups excluding carboxylic acids is 1. The molecule has 0 saturated carbocycles. The summed E-state index contributed by atoms with van der Waals surface area (Å²) in [5.74, 6) is 1.70. The fourth-order valence-electron chi connectivity index (χ4n) is 4.21. The van der Waals surface area contributed by atoms with Crippen LogP contribution in [0.25, 0.3) is 10.2 Å². The van der Waals surface area contributed by atoms with Crippen molar-refractivity contribution in [2.45, 2.75) is 25.8 Å². The first-order valence-electron chi connectivity index (χ1n) is 10.8. The van der Waals surface area contributed by atoms with Gasteiger partial charge in [-0.25, -0.2) is 4.98 Å². The average molecular weight is 477 g/mol. The highest BCUT2D eigenvalue weighted by Crippen LogP contribution is 2.39. The van der Waals surface area contributed by atoms with Crippen molar-refractivity contribution in [3.63, 3.8) is 0 Å². The van der Waals surface area contributed by atoms with Crippen molar-refractivity contribution in [1.29, 1.82) is 0 Å². The molecule has 0 N–H and O–H groups in total. The van der Waals surface area contributed by atoms with Gasteiger partial charge in [0, 0.05) is 39.1 Å². The lowest BCUT2D eigenvalue weighted by Gasteiger charge is -2.27. The Balaban J connectivity index is 1.45. The van der Waals surface area contributed by atoms with Crippen molar-refractivity contribution in [1.82, 2.24) is 24.6 Å². The van der Waals surface area contributed by atoms with Crippen molar-refractivity contribution in [3.8, 4) is 5.75 Å². The molecule has 3 aromatic rings. The lowest BCUT2D eigenvalue weighted by Crippen LogP contribution is -2.39. The van der Waals surface area contributed by atoms with Gasteiger partial charge < -0.3 is 14.0 Å². The summed E-state index contributed by atoms with van der Waals surface area (Å²) in [6, 6.07) is 3.59. The van der Waals surface area contributed by atoms with Crippen molar-refractivity contribution >= 4 is 44.2 Å². The van der Waals surface area contributed by atoms with Gasteiger partial charge in [0.25, 0.3) is 5.91 Å². The highest BCUT2D eigenvalue weighted by atomic mass is 35.5. The summed E-state index contributed by atoms with van der Waals surface area (Å²) in [4.78, 5) is 22.5. The van der Waals surface area contributed by atoms with Gasteiger partial charge in [0.05, 0.1) is 30.0 Å². The highest BCUT2D eigenvalue weighted by Gasteiger charge is 2.29. The molecule has 1 fully saturated rings. The minimum absolute atomic E-state index is 0.179. The van der Waals surface area contributed by atoms with Crippen LogP contribution in [0.4, 0.5) is 5.13 Å². The van der Waals surface area contributed by atoms with Crippen LogP contribution in [0.3, 0.4) is 0 Å². The number of carbonyl (C=O) groups is 1. The van der Waals surface area contributed by atoms with E-state index in [4.69, 9.17) is 26.1 Å². The predicted octanol–water partition coefficient (Wildman–Crippen LogP) is 2.87. The van der Waals surface area contributed by atoms with Crippen molar-refractivity contribution < 1.29 is 14.3 Å². The second-order valence-electron chi connectivity index (χ2n) is 7.88. The van der Waals surface area contributed by atoms with Crippen LogP contribution >= 0.6 is 22.9 Å². The number of rotatable bonds is 7. The van der Waals surface area contributed by atoms with E-state index in [9.17, 15) is 4.79 Å². The number of aryl methyl sites for hydroxylation is 1. The minimum Gasteiger partial charge on any atom is -0.494 e. The highest BCUT2D eigenvalue weighted by molar-refractivity contribution is 7.23. The third kappa shape index (κ3) is 4.07. The Labute approximate surface area is 194 Å². The summed E-state index contributed by atoms with van der Waals surface area (Å²) < 4.78 is 13.6. The van der Waals surface area contributed by atoms with E-state index < -0.39 is 0 Å². The van der Waals surface area contributed by atoms with Gasteiger partial charge in [0.15, 0.2) is 5.13 Å². The number of ether oxygens (including phenoxy) is 2. The fraction of sp³-hybridized carbons (Fsp3) is 0.524. The zero-order valence-corrected chi connectivity index (χ0v) is 19.5. The predicted molar refractivity (Wildman–Crippen MR) is 123 cm³/mol. The van der Waals surface area contributed by atoms with Crippen LogP contribution in [0.15, 0.2) is 12.1 Å². The number of hydrogen-bond acceptors (Lipinski definition) is 8. The van der Waals surface area contributed by atoms with Crippen molar-refractivity contribution in [2.24, 2.45) is 0 Å². The quantitative estimate of drug-likeness (QED) is 0.518. The number of benzene rings is 1. The summed E-state index contributed by atoms with van der Waals surface area (Å²) in [6.07, 6.45) is 2.65. The molecule has 5 rings (SSSR count). The van der Waals surface area contributed by atoms with Gasteiger partial charge in [-0.05, 0) is 25.0 Å². The molecule has 4 heterocycles. The van der Waals surface area contributed by atoms with Gasteiger partial charge in [-0.15, -0.1) is 10.2 Å². The number of halogens is 1. The Morgan fingerprint density at radius 2 is 2.12 bits per heavy atom. The van der Waals surface area contributed by atoms with E-state index in [0.29, 0.717) is 33.8 Å². The van der Waals surface area contributed by atoms with Crippen LogP contribution in [0.1, 0.15) is 29.3 Å². The van der Waals surface area contributed by atoms with E-state index in [0.717, 1.165) is 69.2 Å². The molecule has 2 aliphatic heterocycles. The maximum atomic E-state index is 13.6. The van der Waals surface area contributed by atoms with E-state index in [1.807, 2.05) is 4.57 Å². The summed E-state index contributed by atoms with van der Waals surface area (Å²) in [6.45, 7) is 5.53. The number of morpholine rings is 1. The van der Waals surface area contributed by atoms with Gasteiger partial charge in [-0.2, -0.15) is 0 Å². The Bertz CT molecular complexity index is 1130. The number of hydrogen-bond donors (Lipinski definition) is 0. The van der Waals surface area contributed by atoms with Gasteiger partial charge in [-0.3, -0.25) is 14.6 Å². The van der Waals surface area contributed by atoms with E-state index in [2.05, 4.69) is 15.1 Å². The molecule has 2 aliphatic rings. The van der Waals surface area contributed by atoms with Crippen LogP contribution in [-0.4, -0.2) is 77.1 Å². The Kier molecular flexibility index (Phi) is 6.27. The van der Waals surface area contributed by atoms with E-state index >= 15 is 0 Å². The zero-order chi connectivity index (χ0) is 22.1. The normalized spacial score (nSPS) is 16.4. The molecule has 32 heavy (non-hydrogen) atoms. The second kappa shape index (κ2) is 9.30. The number of nitrogens with zero attached hydrogens (tertiary/aromatic N) is 6. The molecule has 1 amide bonds. The first-order chi connectivity index (χ1) is 15.7. The SMILES string of the molecule is COc1ccc(Cl)c2sc(N(CCCN3CCOCC3)C(=O)c3nnc4n3CCC4)nc12. The molecule has 1 aromatic carbocycles. The number of thiazole rings is 1.